The maximum atomic E-state index is 13.2. The van der Waals surface area contributed by atoms with Crippen LogP contribution in [0.15, 0.2) is 70.5 Å². The third-order valence-corrected chi connectivity index (χ3v) is 5.86. The van der Waals surface area contributed by atoms with Crippen LogP contribution in [0, 0.1) is 11.6 Å². The van der Waals surface area contributed by atoms with Crippen LogP contribution in [-0.4, -0.2) is 55.7 Å². The number of hydrogen-bond donors (Lipinski definition) is 0. The molecule has 0 spiro atoms. The summed E-state index contributed by atoms with van der Waals surface area (Å²) >= 11 is 0. The van der Waals surface area contributed by atoms with E-state index in [1.165, 1.54) is 53.4 Å². The Morgan fingerprint density at radius 1 is 0.824 bits per heavy atom. The molecule has 1 amide bonds. The van der Waals surface area contributed by atoms with E-state index >= 15 is 0 Å². The minimum atomic E-state index is -0.600. The zero-order chi connectivity index (χ0) is 23.8. The van der Waals surface area contributed by atoms with Crippen molar-refractivity contribution >= 4 is 17.2 Å². The van der Waals surface area contributed by atoms with Crippen molar-refractivity contribution in [1.29, 1.82) is 0 Å². The molecular weight excluding hydrogens is 446 g/mol. The number of carbonyl (C=O) groups excluding carboxylic acids is 1. The molecule has 1 aliphatic rings. The second kappa shape index (κ2) is 8.58. The summed E-state index contributed by atoms with van der Waals surface area (Å²) in [6.07, 6.45) is 2.78. The highest BCUT2D eigenvalue weighted by atomic mass is 19.1. The Hall–Kier alpha value is -4.28. The summed E-state index contributed by atoms with van der Waals surface area (Å²) in [6, 6.07) is 11.5. The fourth-order valence-electron chi connectivity index (χ4n) is 4.01. The first kappa shape index (κ1) is 21.6. The summed E-state index contributed by atoms with van der Waals surface area (Å²) in [7, 11) is 0. The van der Waals surface area contributed by atoms with E-state index < -0.39 is 17.1 Å². The van der Waals surface area contributed by atoms with Crippen LogP contribution < -0.4 is 16.1 Å². The Morgan fingerprint density at radius 2 is 1.41 bits per heavy atom. The molecule has 1 fully saturated rings. The Labute approximate surface area is 191 Å². The molecule has 0 unspecified atom stereocenters. The number of anilines is 1. The predicted molar refractivity (Wildman–Crippen MR) is 120 cm³/mol. The molecular formula is C23H20F2N6O3. The molecule has 0 radical (unpaired) electrons. The van der Waals surface area contributed by atoms with Gasteiger partial charge in [0.25, 0.3) is 0 Å². The summed E-state index contributed by atoms with van der Waals surface area (Å²) in [5, 5.41) is 4.09. The van der Waals surface area contributed by atoms with Crippen molar-refractivity contribution < 1.29 is 13.6 Å². The van der Waals surface area contributed by atoms with E-state index in [1.54, 1.807) is 17.0 Å². The topological polar surface area (TPSA) is 84.8 Å². The third kappa shape index (κ3) is 3.96. The quantitative estimate of drug-likeness (QED) is 0.452. The average Bonchev–Trinajstić information content (AvgIpc) is 3.17. The Bertz CT molecular complexity index is 1470. The lowest BCUT2D eigenvalue weighted by Gasteiger charge is -2.36. The molecule has 4 aromatic rings. The van der Waals surface area contributed by atoms with Gasteiger partial charge in [0.2, 0.25) is 11.6 Å². The van der Waals surface area contributed by atoms with Crippen LogP contribution in [0.25, 0.3) is 11.3 Å². The van der Waals surface area contributed by atoms with E-state index in [0.29, 0.717) is 31.9 Å². The van der Waals surface area contributed by atoms with Gasteiger partial charge in [-0.25, -0.2) is 22.7 Å². The van der Waals surface area contributed by atoms with Crippen molar-refractivity contribution in [3.05, 3.63) is 93.4 Å². The molecule has 1 aliphatic heterocycles. The number of halogens is 2. The van der Waals surface area contributed by atoms with Gasteiger partial charge in [-0.2, -0.15) is 0 Å². The predicted octanol–water partition coefficient (Wildman–Crippen LogP) is 1.27. The first-order chi connectivity index (χ1) is 16.4. The third-order valence-electron chi connectivity index (χ3n) is 5.86. The lowest BCUT2D eigenvalue weighted by atomic mass is 10.2. The number of amides is 1. The van der Waals surface area contributed by atoms with E-state index in [2.05, 4.69) is 10.00 Å². The maximum Gasteiger partial charge on any atom is 0.351 e. The number of rotatable bonds is 4. The molecule has 0 atom stereocenters. The van der Waals surface area contributed by atoms with Gasteiger partial charge in [0.05, 0.1) is 0 Å². The first-order valence-electron chi connectivity index (χ1n) is 10.7. The van der Waals surface area contributed by atoms with E-state index in [1.807, 2.05) is 0 Å². The van der Waals surface area contributed by atoms with Gasteiger partial charge in [0, 0.05) is 49.9 Å². The maximum absolute atomic E-state index is 13.2. The van der Waals surface area contributed by atoms with E-state index in [9.17, 15) is 23.2 Å². The van der Waals surface area contributed by atoms with Crippen molar-refractivity contribution in [3.63, 3.8) is 0 Å². The van der Waals surface area contributed by atoms with Crippen molar-refractivity contribution in [2.45, 2.75) is 6.54 Å². The van der Waals surface area contributed by atoms with Crippen molar-refractivity contribution in [2.75, 3.05) is 31.1 Å². The van der Waals surface area contributed by atoms with Crippen molar-refractivity contribution in [2.24, 2.45) is 0 Å². The van der Waals surface area contributed by atoms with Gasteiger partial charge in [0.15, 0.2) is 0 Å². The van der Waals surface area contributed by atoms with Gasteiger partial charge in [-0.15, -0.1) is 5.10 Å². The standard InChI is InChI=1S/C23H20F2N6O3/c24-16-1-5-18(6-2-16)27-9-11-28(12-10-27)20(32)15-31-23(34)30-14-13-29(22(33)21(30)26-31)19-7-3-17(25)4-8-19/h1-8,13-14H,9-12,15H2. The molecule has 0 aliphatic carbocycles. The fourth-order valence-corrected chi connectivity index (χ4v) is 4.01. The van der Waals surface area contributed by atoms with Gasteiger partial charge in [-0.05, 0) is 48.5 Å². The summed E-state index contributed by atoms with van der Waals surface area (Å²) in [5.74, 6) is -1.03. The molecule has 9 nitrogen and oxygen atoms in total. The molecule has 2 aromatic heterocycles. The van der Waals surface area contributed by atoms with Crippen LogP contribution in [0.5, 0.6) is 0 Å². The number of carbonyl (C=O) groups is 1. The molecule has 1 saturated heterocycles. The minimum Gasteiger partial charge on any atom is -0.368 e. The van der Waals surface area contributed by atoms with Crippen LogP contribution in [0.3, 0.4) is 0 Å². The molecule has 0 saturated carbocycles. The molecule has 2 aromatic carbocycles. The summed E-state index contributed by atoms with van der Waals surface area (Å²) < 4.78 is 29.7. The largest absolute Gasteiger partial charge is 0.368 e. The molecule has 11 heteroatoms. The second-order valence-corrected chi connectivity index (χ2v) is 7.93. The molecule has 0 N–H and O–H groups in total. The Balaban J connectivity index is 1.32. The van der Waals surface area contributed by atoms with E-state index in [-0.39, 0.29) is 23.9 Å². The van der Waals surface area contributed by atoms with Gasteiger partial charge >= 0.3 is 11.2 Å². The lowest BCUT2D eigenvalue weighted by Crippen LogP contribution is -2.50. The second-order valence-electron chi connectivity index (χ2n) is 7.93. The monoisotopic (exact) mass is 466 g/mol. The number of aromatic nitrogens is 4. The van der Waals surface area contributed by atoms with E-state index in [0.717, 1.165) is 14.8 Å². The lowest BCUT2D eigenvalue weighted by molar-refractivity contribution is -0.132. The molecule has 174 valence electrons. The SMILES string of the molecule is O=C(Cn1nc2c(=O)n(-c3ccc(F)cc3)ccn2c1=O)N1CCN(c2ccc(F)cc2)CC1. The summed E-state index contributed by atoms with van der Waals surface area (Å²) in [4.78, 5) is 42.1. The van der Waals surface area contributed by atoms with Gasteiger partial charge in [0.1, 0.15) is 18.2 Å². The highest BCUT2D eigenvalue weighted by Crippen LogP contribution is 2.17. The molecule has 0 bridgehead atoms. The molecule has 34 heavy (non-hydrogen) atoms. The van der Waals surface area contributed by atoms with Crippen LogP contribution >= 0.6 is 0 Å². The number of nitrogens with zero attached hydrogens (tertiary/aromatic N) is 6. The first-order valence-corrected chi connectivity index (χ1v) is 10.7. The summed E-state index contributed by atoms with van der Waals surface area (Å²) in [5.41, 5.74) is 0.00114. The molecule has 5 rings (SSSR count). The van der Waals surface area contributed by atoms with Gasteiger partial charge in [-0.1, -0.05) is 0 Å². The van der Waals surface area contributed by atoms with Crippen LogP contribution in [-0.2, 0) is 11.3 Å². The van der Waals surface area contributed by atoms with E-state index in [4.69, 9.17) is 0 Å². The fraction of sp³-hybridized carbons (Fsp3) is 0.217. The van der Waals surface area contributed by atoms with Crippen LogP contribution in [0.4, 0.5) is 14.5 Å². The highest BCUT2D eigenvalue weighted by molar-refractivity contribution is 5.76. The zero-order valence-electron chi connectivity index (χ0n) is 18.0. The smallest absolute Gasteiger partial charge is 0.351 e. The minimum absolute atomic E-state index is 0.134. The Morgan fingerprint density at radius 3 is 2.03 bits per heavy atom. The van der Waals surface area contributed by atoms with Gasteiger partial charge < -0.3 is 9.80 Å². The normalized spacial score (nSPS) is 14.1. The molecule has 3 heterocycles. The van der Waals surface area contributed by atoms with Crippen LogP contribution in [0.2, 0.25) is 0 Å². The van der Waals surface area contributed by atoms with Gasteiger partial charge in [-0.3, -0.25) is 14.2 Å². The number of hydrogen-bond acceptors (Lipinski definition) is 5. The zero-order valence-corrected chi connectivity index (χ0v) is 18.0. The number of benzene rings is 2. The summed E-state index contributed by atoms with van der Waals surface area (Å²) in [6.45, 7) is 1.72. The Kier molecular flexibility index (Phi) is 5.44. The average molecular weight is 466 g/mol. The van der Waals surface area contributed by atoms with Crippen LogP contribution in [0.1, 0.15) is 0 Å². The number of piperazine rings is 1. The highest BCUT2D eigenvalue weighted by Gasteiger charge is 2.23. The van der Waals surface area contributed by atoms with Crippen molar-refractivity contribution in [1.82, 2.24) is 23.6 Å². The van der Waals surface area contributed by atoms with Crippen molar-refractivity contribution in [3.8, 4) is 5.69 Å². The number of fused-ring (bicyclic) bond motifs is 1.